The van der Waals surface area contributed by atoms with Crippen LogP contribution in [-0.4, -0.2) is 81.6 Å². The zero-order valence-corrected chi connectivity index (χ0v) is 30.1. The Hall–Kier alpha value is -1.93. The van der Waals surface area contributed by atoms with Crippen LogP contribution in [-0.2, 0) is 40.4 Å². The molecule has 8 N–H and O–H groups in total. The average Bonchev–Trinajstić information content (AvgIpc) is 3.57. The lowest BCUT2D eigenvalue weighted by Crippen LogP contribution is -2.56. The van der Waals surface area contributed by atoms with Crippen molar-refractivity contribution >= 4 is 68.4 Å². The van der Waals surface area contributed by atoms with E-state index in [2.05, 4.69) is 15.0 Å². The number of halogens is 2. The van der Waals surface area contributed by atoms with Crippen LogP contribution in [0, 0.1) is 6.54 Å². The van der Waals surface area contributed by atoms with Crippen LogP contribution in [0.1, 0.15) is 54.5 Å². The van der Waals surface area contributed by atoms with Crippen molar-refractivity contribution in [3.63, 3.8) is 0 Å². The third-order valence-electron chi connectivity index (χ3n) is 7.55. The van der Waals surface area contributed by atoms with Crippen molar-refractivity contribution in [3.05, 3.63) is 48.1 Å². The fourth-order valence-corrected chi connectivity index (χ4v) is 8.29. The van der Waals surface area contributed by atoms with Crippen molar-refractivity contribution in [1.82, 2.24) is 9.55 Å². The van der Waals surface area contributed by atoms with E-state index < -0.39 is 67.3 Å². The van der Waals surface area contributed by atoms with E-state index in [1.807, 2.05) is 6.08 Å². The SMILES string of the molecule is CC(N)=CCCc1c(C=O)ncn1CC(OP(=O)(O)OCCC(O[P+](=O)O)C(O)[CH-][n+]1c[nH+][c-]2c1N=CI=C2N)C1(CCCl)CCO1. The first kappa shape index (κ1) is 37.9. The van der Waals surface area contributed by atoms with Gasteiger partial charge < -0.3 is 40.3 Å². The number of allylic oxidation sites excluding steroid dienone is 2. The van der Waals surface area contributed by atoms with Crippen LogP contribution in [0.3, 0.4) is 0 Å². The van der Waals surface area contributed by atoms with E-state index in [4.69, 9.17) is 41.4 Å². The number of nitrogens with zero attached hydrogens (tertiary/aromatic N) is 4. The second-order valence-corrected chi connectivity index (χ2v) is 15.5. The zero-order chi connectivity index (χ0) is 34.2. The van der Waals surface area contributed by atoms with Gasteiger partial charge in [-0.1, -0.05) is 11.1 Å². The molecule has 47 heavy (non-hydrogen) atoms. The summed E-state index contributed by atoms with van der Waals surface area (Å²) in [5.41, 5.74) is 12.8. The Morgan fingerprint density at radius 1 is 1.51 bits per heavy atom. The lowest BCUT2D eigenvalue weighted by atomic mass is 9.85. The van der Waals surface area contributed by atoms with Crippen molar-refractivity contribution in [2.24, 2.45) is 16.5 Å². The molecule has 0 aromatic carbocycles. The average molecular weight is 833 g/mol. The summed E-state index contributed by atoms with van der Waals surface area (Å²) in [4.78, 5) is 43.4. The van der Waals surface area contributed by atoms with E-state index in [0.717, 1.165) is 0 Å². The molecule has 0 aliphatic carbocycles. The molecule has 1 saturated heterocycles. The van der Waals surface area contributed by atoms with Gasteiger partial charge in [0.05, 0.1) is 37.4 Å². The number of aliphatic imine (C=N–C) groups is 1. The molecular formula is C26H38ClIN7O10P2+. The lowest BCUT2D eigenvalue weighted by molar-refractivity contribution is -0.665. The number of hydrogen-bond acceptors (Lipinski definition) is 12. The monoisotopic (exact) mass is 832 g/mol. The first-order valence-electron chi connectivity index (χ1n) is 14.4. The molecule has 0 radical (unpaired) electrons. The summed E-state index contributed by atoms with van der Waals surface area (Å²) in [6.45, 7) is 2.92. The summed E-state index contributed by atoms with van der Waals surface area (Å²) in [7, 11) is -7.97. The maximum Gasteiger partial charge on any atom is 0.695 e. The molecule has 6 atom stereocenters. The Morgan fingerprint density at radius 2 is 2.28 bits per heavy atom. The number of nitrogens with one attached hydrogen (secondary N) is 1. The highest BCUT2D eigenvalue weighted by molar-refractivity contribution is 14.2. The highest BCUT2D eigenvalue weighted by atomic mass is 127. The molecule has 2 aromatic rings. The number of aliphatic hydroxyl groups is 1. The number of aldehydes is 1. The number of aromatic amines is 1. The number of imidazole rings is 2. The summed E-state index contributed by atoms with van der Waals surface area (Å²) in [6, 6.07) is 0. The highest BCUT2D eigenvalue weighted by Gasteiger charge is 2.49. The molecule has 4 heterocycles. The van der Waals surface area contributed by atoms with E-state index in [1.165, 1.54) is 23.8 Å². The number of aromatic nitrogens is 4. The number of H-pyrrole nitrogens is 1. The molecule has 0 spiro atoms. The second kappa shape index (κ2) is 17.1. The van der Waals surface area contributed by atoms with Gasteiger partial charge in [-0.3, -0.25) is 13.8 Å². The van der Waals surface area contributed by atoms with Crippen LogP contribution < -0.4 is 21.0 Å². The molecule has 6 unspecified atom stereocenters. The molecule has 260 valence electrons. The number of phosphoric ester groups is 1. The number of carbonyl (C=O) groups excluding carboxylic acids is 1. The first-order chi connectivity index (χ1) is 22.4. The quantitative estimate of drug-likeness (QED) is 0.0315. The lowest BCUT2D eigenvalue weighted by Gasteiger charge is -2.47. The number of hydrogen-bond donors (Lipinski definition) is 5. The highest BCUT2D eigenvalue weighted by Crippen LogP contribution is 2.50. The summed E-state index contributed by atoms with van der Waals surface area (Å²) < 4.78 is 52.2. The maximum absolute atomic E-state index is 13.3. The van der Waals surface area contributed by atoms with E-state index >= 15 is 0 Å². The number of ether oxygens (including phenoxy) is 1. The number of nitrogens with two attached hydrogens (primary N) is 2. The van der Waals surface area contributed by atoms with Crippen molar-refractivity contribution in [1.29, 1.82) is 0 Å². The number of rotatable bonds is 20. The number of fused-ring (bicyclic) bond motifs is 1. The number of alkyl halides is 1. The van der Waals surface area contributed by atoms with Crippen molar-refractivity contribution < 1.29 is 56.7 Å². The zero-order valence-electron chi connectivity index (χ0n) is 25.4. The van der Waals surface area contributed by atoms with Crippen LogP contribution in [0.4, 0.5) is 5.82 Å². The minimum atomic E-state index is -4.81. The van der Waals surface area contributed by atoms with Crippen LogP contribution in [0.2, 0.25) is 0 Å². The fraction of sp³-hybridized carbons (Fsp3) is 0.538. The predicted octanol–water partition coefficient (Wildman–Crippen LogP) is 1.18. The molecule has 0 amide bonds. The molecule has 4 rings (SSSR count). The van der Waals surface area contributed by atoms with Gasteiger partial charge in [0.2, 0.25) is 0 Å². The van der Waals surface area contributed by atoms with Gasteiger partial charge in [-0.2, -0.15) is 0 Å². The largest absolute Gasteiger partial charge is 0.695 e. The minimum Gasteiger partial charge on any atom is -0.403 e. The smallest absolute Gasteiger partial charge is 0.403 e. The van der Waals surface area contributed by atoms with E-state index in [-0.39, 0.29) is 24.5 Å². The Labute approximate surface area is 286 Å². The number of aliphatic hydroxyl groups excluding tert-OH is 1. The molecule has 0 bridgehead atoms. The molecular weight excluding hydrogens is 795 g/mol. The normalized spacial score (nSPS) is 21.4. The van der Waals surface area contributed by atoms with Crippen LogP contribution in [0.25, 0.3) is 0 Å². The molecule has 21 heteroatoms. The van der Waals surface area contributed by atoms with Crippen LogP contribution >= 0.6 is 48.4 Å². The molecule has 2 aliphatic rings. The Balaban J connectivity index is 1.45. The van der Waals surface area contributed by atoms with Crippen LogP contribution in [0.15, 0.2) is 29.4 Å². The van der Waals surface area contributed by atoms with Gasteiger partial charge in [0, 0.05) is 44.9 Å². The van der Waals surface area contributed by atoms with Crippen molar-refractivity contribution in [2.75, 3.05) is 19.1 Å². The van der Waals surface area contributed by atoms with E-state index in [0.29, 0.717) is 65.1 Å². The topological polar surface area (TPSA) is 249 Å². The summed E-state index contributed by atoms with van der Waals surface area (Å²) in [5, 5.41) is 10.9. The maximum atomic E-state index is 13.3. The standard InChI is InChI=1S/C26H37ClIN7O10P2/c1-17(29)3-2-4-19-18(13-36)32-15-34(19)12-22(26(6-8-27)7-10-42-26)45-47(40,41)43-9-5-21(44-46(38)39)20(37)11-35-16-33-23-24(30)28-14-31-25(23)35/h3,11,13-16,20-22,33,37H,2,4-10,12,29H2,1H3,(H3-,30,31,38,39,40,41)/p+1. The van der Waals surface area contributed by atoms with E-state index in [9.17, 15) is 28.8 Å². The first-order valence-corrected chi connectivity index (χ1v) is 19.9. The fourth-order valence-electron chi connectivity index (χ4n) is 5.12. The minimum absolute atomic E-state index is 0.0126. The van der Waals surface area contributed by atoms with Crippen LogP contribution in [0.5, 0.6) is 0 Å². The summed E-state index contributed by atoms with van der Waals surface area (Å²) >= 11 is 5.52. The van der Waals surface area contributed by atoms with Gasteiger partial charge in [0.25, 0.3) is 5.82 Å². The molecule has 1 fully saturated rings. The molecule has 2 aliphatic heterocycles. The van der Waals surface area contributed by atoms with Gasteiger partial charge in [-0.05, 0) is 46.9 Å². The Bertz CT molecular complexity index is 1560. The van der Waals surface area contributed by atoms with E-state index in [1.54, 1.807) is 15.7 Å². The van der Waals surface area contributed by atoms with Crippen molar-refractivity contribution in [2.45, 2.75) is 69.5 Å². The van der Waals surface area contributed by atoms with Gasteiger partial charge >= 0.3 is 16.1 Å². The second-order valence-electron chi connectivity index (χ2n) is 10.7. The molecule has 17 nitrogen and oxygen atoms in total. The van der Waals surface area contributed by atoms with Gasteiger partial charge in [-0.15, -0.1) is 21.0 Å². The number of carbonyl (C=O) groups is 1. The van der Waals surface area contributed by atoms with Gasteiger partial charge in [-0.25, -0.2) is 9.55 Å². The molecule has 2 aromatic heterocycles. The summed E-state index contributed by atoms with van der Waals surface area (Å²) in [6.07, 6.45) is 3.02. The Kier molecular flexibility index (Phi) is 13.8. The van der Waals surface area contributed by atoms with Gasteiger partial charge in [0.15, 0.2) is 10.5 Å². The third kappa shape index (κ3) is 10.1. The predicted molar refractivity (Wildman–Crippen MR) is 177 cm³/mol. The Morgan fingerprint density at radius 3 is 2.91 bits per heavy atom. The number of phosphoric acid groups is 1. The third-order valence-corrected chi connectivity index (χ3v) is 11.0. The summed E-state index contributed by atoms with van der Waals surface area (Å²) in [5.74, 6) is 0.617. The molecule has 0 saturated carbocycles. The van der Waals surface area contributed by atoms with Gasteiger partial charge in [0.1, 0.15) is 30.3 Å². The van der Waals surface area contributed by atoms with Crippen molar-refractivity contribution in [3.8, 4) is 0 Å².